The molecule has 0 saturated heterocycles. The Bertz CT molecular complexity index is 476. The van der Waals surface area contributed by atoms with E-state index < -0.39 is 10.9 Å². The molecule has 1 rings (SSSR count). The number of nitrogens with zero attached hydrogens (tertiary/aromatic N) is 2. The second kappa shape index (κ2) is 4.89. The van der Waals surface area contributed by atoms with E-state index in [4.69, 9.17) is 10.00 Å². The van der Waals surface area contributed by atoms with Gasteiger partial charge in [0.1, 0.15) is 18.2 Å². The van der Waals surface area contributed by atoms with E-state index in [0.29, 0.717) is 5.56 Å². The highest BCUT2D eigenvalue weighted by atomic mass is 16.6. The Morgan fingerprint density at radius 3 is 2.81 bits per heavy atom. The quantitative estimate of drug-likeness (QED) is 0.437. The zero-order valence-corrected chi connectivity index (χ0v) is 8.47. The molecule has 1 aromatic rings. The summed E-state index contributed by atoms with van der Waals surface area (Å²) >= 11 is 0. The third kappa shape index (κ3) is 2.54. The maximum atomic E-state index is 10.6. The lowest BCUT2D eigenvalue weighted by Crippen LogP contribution is -2.02. The minimum Gasteiger partial charge on any atom is -0.461 e. The summed E-state index contributed by atoms with van der Waals surface area (Å²) in [6, 6.07) is 5.92. The molecule has 0 aliphatic heterocycles. The molecule has 16 heavy (non-hydrogen) atoms. The first-order valence-corrected chi connectivity index (χ1v) is 4.36. The van der Waals surface area contributed by atoms with Gasteiger partial charge < -0.3 is 4.74 Å². The van der Waals surface area contributed by atoms with Crippen molar-refractivity contribution < 1.29 is 14.5 Å². The van der Waals surface area contributed by atoms with Crippen LogP contribution in [0.25, 0.3) is 0 Å². The van der Waals surface area contributed by atoms with E-state index >= 15 is 0 Å². The summed E-state index contributed by atoms with van der Waals surface area (Å²) in [5, 5.41) is 19.4. The van der Waals surface area contributed by atoms with E-state index in [1.165, 1.54) is 25.1 Å². The van der Waals surface area contributed by atoms with Crippen LogP contribution in [0.4, 0.5) is 5.69 Å². The highest BCUT2D eigenvalue weighted by molar-refractivity contribution is 5.66. The van der Waals surface area contributed by atoms with Gasteiger partial charge in [-0.05, 0) is 0 Å². The maximum absolute atomic E-state index is 10.6. The highest BCUT2D eigenvalue weighted by Crippen LogP contribution is 2.21. The highest BCUT2D eigenvalue weighted by Gasteiger charge is 2.17. The van der Waals surface area contributed by atoms with E-state index in [-0.39, 0.29) is 17.9 Å². The van der Waals surface area contributed by atoms with Crippen LogP contribution in [0.5, 0.6) is 0 Å². The molecule has 82 valence electrons. The average Bonchev–Trinajstić information content (AvgIpc) is 2.25. The number of rotatable bonds is 3. The van der Waals surface area contributed by atoms with Crippen LogP contribution in [-0.4, -0.2) is 10.9 Å². The third-order valence-electron chi connectivity index (χ3n) is 1.87. The minimum absolute atomic E-state index is 0.0752. The first kappa shape index (κ1) is 11.7. The van der Waals surface area contributed by atoms with Crippen LogP contribution in [0.1, 0.15) is 18.1 Å². The fraction of sp³-hybridized carbons (Fsp3) is 0.200. The predicted molar refractivity (Wildman–Crippen MR) is 53.3 cm³/mol. The van der Waals surface area contributed by atoms with Crippen molar-refractivity contribution in [3.8, 4) is 6.07 Å². The molecule has 0 fully saturated rings. The van der Waals surface area contributed by atoms with Crippen molar-refractivity contribution in [3.05, 3.63) is 39.4 Å². The number of esters is 1. The molecular formula is C10H8N2O4. The molecule has 0 amide bonds. The molecule has 6 nitrogen and oxygen atoms in total. The maximum Gasteiger partial charge on any atom is 0.302 e. The van der Waals surface area contributed by atoms with Crippen molar-refractivity contribution in [3.63, 3.8) is 0 Å². The SMILES string of the molecule is CC(=O)OCc1cccc([N+](=O)[O-])c1C#N. The van der Waals surface area contributed by atoms with E-state index in [1.807, 2.05) is 0 Å². The zero-order valence-electron chi connectivity index (χ0n) is 8.47. The molecule has 6 heteroatoms. The lowest BCUT2D eigenvalue weighted by molar-refractivity contribution is -0.385. The fourth-order valence-corrected chi connectivity index (χ4v) is 1.17. The van der Waals surface area contributed by atoms with E-state index in [2.05, 4.69) is 0 Å². The van der Waals surface area contributed by atoms with Crippen molar-refractivity contribution in [1.82, 2.24) is 0 Å². The van der Waals surface area contributed by atoms with Gasteiger partial charge in [-0.25, -0.2) is 0 Å². The first-order valence-electron chi connectivity index (χ1n) is 4.36. The topological polar surface area (TPSA) is 93.2 Å². The Hall–Kier alpha value is -2.42. The Balaban J connectivity index is 3.10. The van der Waals surface area contributed by atoms with Crippen LogP contribution in [0.3, 0.4) is 0 Å². The molecule has 0 aromatic heterocycles. The summed E-state index contributed by atoms with van der Waals surface area (Å²) in [5.41, 5.74) is -0.0344. The number of hydrogen-bond acceptors (Lipinski definition) is 5. The monoisotopic (exact) mass is 220 g/mol. The van der Waals surface area contributed by atoms with Crippen LogP contribution in [0.15, 0.2) is 18.2 Å². The number of nitro benzene ring substituents is 1. The van der Waals surface area contributed by atoms with Crippen molar-refractivity contribution >= 4 is 11.7 Å². The number of ether oxygens (including phenoxy) is 1. The molecule has 0 aliphatic carbocycles. The van der Waals surface area contributed by atoms with E-state index in [1.54, 1.807) is 6.07 Å². The van der Waals surface area contributed by atoms with Gasteiger partial charge in [0.25, 0.3) is 5.69 Å². The minimum atomic E-state index is -0.643. The lowest BCUT2D eigenvalue weighted by Gasteiger charge is -2.04. The second-order valence-corrected chi connectivity index (χ2v) is 2.96. The first-order chi connectivity index (χ1) is 7.56. The number of nitriles is 1. The van der Waals surface area contributed by atoms with Gasteiger partial charge in [0.05, 0.1) is 4.92 Å². The van der Waals surface area contributed by atoms with Gasteiger partial charge in [0, 0.05) is 18.6 Å². The van der Waals surface area contributed by atoms with Crippen molar-refractivity contribution in [2.75, 3.05) is 0 Å². The van der Waals surface area contributed by atoms with E-state index in [9.17, 15) is 14.9 Å². The summed E-state index contributed by atoms with van der Waals surface area (Å²) in [6.45, 7) is 1.09. The van der Waals surface area contributed by atoms with Crippen LogP contribution in [-0.2, 0) is 16.1 Å². The Labute approximate surface area is 91.2 Å². The summed E-state index contributed by atoms with van der Waals surface area (Å²) < 4.78 is 4.69. The Morgan fingerprint density at radius 2 is 2.31 bits per heavy atom. The predicted octanol–water partition coefficient (Wildman–Crippen LogP) is 1.53. The smallest absolute Gasteiger partial charge is 0.302 e. The van der Waals surface area contributed by atoms with Crippen LogP contribution in [0.2, 0.25) is 0 Å². The lowest BCUT2D eigenvalue weighted by atomic mass is 10.1. The van der Waals surface area contributed by atoms with Gasteiger partial charge in [0.2, 0.25) is 0 Å². The number of nitro groups is 1. The second-order valence-electron chi connectivity index (χ2n) is 2.96. The van der Waals surface area contributed by atoms with Gasteiger partial charge in [0.15, 0.2) is 0 Å². The molecule has 0 bridgehead atoms. The number of benzene rings is 1. The summed E-state index contributed by atoms with van der Waals surface area (Å²) in [4.78, 5) is 20.6. The number of hydrogen-bond donors (Lipinski definition) is 0. The normalized spacial score (nSPS) is 9.25. The van der Waals surface area contributed by atoms with Crippen LogP contribution in [0, 0.1) is 21.4 Å². The fourth-order valence-electron chi connectivity index (χ4n) is 1.17. The van der Waals surface area contributed by atoms with Gasteiger partial charge in [-0.1, -0.05) is 12.1 Å². The Kier molecular flexibility index (Phi) is 3.56. The molecule has 1 aromatic carbocycles. The molecule has 0 unspecified atom stereocenters. The molecule has 0 saturated carbocycles. The summed E-state index contributed by atoms with van der Waals surface area (Å²) in [7, 11) is 0. The number of carbonyl (C=O) groups is 1. The molecule has 0 spiro atoms. The summed E-state index contributed by atoms with van der Waals surface area (Å²) in [6.07, 6.45) is 0. The van der Waals surface area contributed by atoms with Crippen LogP contribution >= 0.6 is 0 Å². The zero-order chi connectivity index (χ0) is 12.1. The van der Waals surface area contributed by atoms with Gasteiger partial charge in [-0.3, -0.25) is 14.9 Å². The Morgan fingerprint density at radius 1 is 1.62 bits per heavy atom. The molecule has 0 aliphatic rings. The molecule has 0 N–H and O–H groups in total. The van der Waals surface area contributed by atoms with Gasteiger partial charge in [-0.2, -0.15) is 5.26 Å². The molecule has 0 radical (unpaired) electrons. The molecular weight excluding hydrogens is 212 g/mol. The van der Waals surface area contributed by atoms with Gasteiger partial charge in [-0.15, -0.1) is 0 Å². The van der Waals surface area contributed by atoms with Crippen LogP contribution < -0.4 is 0 Å². The van der Waals surface area contributed by atoms with E-state index in [0.717, 1.165) is 0 Å². The van der Waals surface area contributed by atoms with Crippen molar-refractivity contribution in [1.29, 1.82) is 5.26 Å². The summed E-state index contributed by atoms with van der Waals surface area (Å²) in [5.74, 6) is -0.504. The molecule has 0 heterocycles. The van der Waals surface area contributed by atoms with Crippen molar-refractivity contribution in [2.45, 2.75) is 13.5 Å². The van der Waals surface area contributed by atoms with Crippen molar-refractivity contribution in [2.24, 2.45) is 0 Å². The largest absolute Gasteiger partial charge is 0.461 e. The number of carbonyl (C=O) groups excluding carboxylic acids is 1. The third-order valence-corrected chi connectivity index (χ3v) is 1.87. The average molecular weight is 220 g/mol. The van der Waals surface area contributed by atoms with Gasteiger partial charge >= 0.3 is 5.97 Å². The standard InChI is InChI=1S/C10H8N2O4/c1-7(13)16-6-8-3-2-4-10(12(14)15)9(8)5-11/h2-4H,6H2,1H3. The molecule has 0 atom stereocenters.